The van der Waals surface area contributed by atoms with Crippen molar-refractivity contribution in [2.24, 2.45) is 4.99 Å². The second kappa shape index (κ2) is 10.9. The predicted molar refractivity (Wildman–Crippen MR) is 148 cm³/mol. The molecule has 0 atom stereocenters. The van der Waals surface area contributed by atoms with Crippen molar-refractivity contribution in [3.8, 4) is 11.5 Å². The molecule has 1 aliphatic heterocycles. The van der Waals surface area contributed by atoms with Crippen LogP contribution in [0.25, 0.3) is 6.08 Å². The molecular weight excluding hydrogens is 702 g/mol. The Hall–Kier alpha value is -2.71. The van der Waals surface area contributed by atoms with E-state index in [-0.39, 0.29) is 23.9 Å². The highest BCUT2D eigenvalue weighted by molar-refractivity contribution is 14.1. The van der Waals surface area contributed by atoms with Gasteiger partial charge in [-0.15, -0.1) is 0 Å². The molecule has 8 nitrogen and oxygen atoms in total. The van der Waals surface area contributed by atoms with Gasteiger partial charge in [-0.05, 0) is 92.7 Å². The number of carbonyl (C=O) groups is 1. The third-order valence-electron chi connectivity index (χ3n) is 4.84. The van der Waals surface area contributed by atoms with Gasteiger partial charge in [0.05, 0.1) is 26.2 Å². The summed E-state index contributed by atoms with van der Waals surface area (Å²) in [4.78, 5) is 27.3. The zero-order chi connectivity index (χ0) is 25.1. The van der Waals surface area contributed by atoms with Crippen LogP contribution in [0.1, 0.15) is 16.7 Å². The first kappa shape index (κ1) is 25.4. The largest absolute Gasteiger partial charge is 0.493 e. The minimum absolute atomic E-state index is 0.00962. The van der Waals surface area contributed by atoms with Gasteiger partial charge in [0.25, 0.3) is 5.69 Å². The number of halogens is 3. The smallest absolute Gasteiger partial charge is 0.363 e. The number of rotatable bonds is 7. The number of nitro groups is 1. The summed E-state index contributed by atoms with van der Waals surface area (Å²) in [6, 6.07) is 15.1. The van der Waals surface area contributed by atoms with Gasteiger partial charge in [-0.3, -0.25) is 10.1 Å². The maximum absolute atomic E-state index is 12.4. The SMILES string of the molecule is COc1cc(/C=C2\N=C(c3cc(I)ccc3Cl)OC2=O)cc(I)c1OCc1cccc([N+](=O)[O-])c1. The Morgan fingerprint density at radius 3 is 2.71 bits per heavy atom. The Morgan fingerprint density at radius 2 is 1.97 bits per heavy atom. The number of nitrogens with zero attached hydrogens (tertiary/aromatic N) is 2. The predicted octanol–water partition coefficient (Wildman–Crippen LogP) is 6.39. The molecule has 4 rings (SSSR count). The minimum atomic E-state index is -0.588. The van der Waals surface area contributed by atoms with Crippen LogP contribution in [-0.2, 0) is 16.1 Å². The summed E-state index contributed by atoms with van der Waals surface area (Å²) in [5.74, 6) is 0.467. The summed E-state index contributed by atoms with van der Waals surface area (Å²) in [5, 5.41) is 11.4. The first-order valence-corrected chi connectivity index (χ1v) is 12.5. The molecule has 178 valence electrons. The van der Waals surface area contributed by atoms with Gasteiger partial charge < -0.3 is 14.2 Å². The van der Waals surface area contributed by atoms with Gasteiger partial charge in [0.1, 0.15) is 6.61 Å². The molecule has 1 heterocycles. The Labute approximate surface area is 232 Å². The van der Waals surface area contributed by atoms with Crippen LogP contribution >= 0.6 is 56.8 Å². The van der Waals surface area contributed by atoms with Crippen molar-refractivity contribution in [1.82, 2.24) is 0 Å². The molecule has 3 aromatic rings. The highest BCUT2D eigenvalue weighted by Gasteiger charge is 2.26. The molecule has 0 radical (unpaired) electrons. The van der Waals surface area contributed by atoms with E-state index in [0.29, 0.717) is 33.2 Å². The lowest BCUT2D eigenvalue weighted by atomic mass is 10.1. The Bertz CT molecular complexity index is 1410. The lowest BCUT2D eigenvalue weighted by Gasteiger charge is -2.13. The quantitative estimate of drug-likeness (QED) is 0.0925. The molecule has 11 heteroatoms. The maximum atomic E-state index is 12.4. The molecule has 0 N–H and O–H groups in total. The highest BCUT2D eigenvalue weighted by Crippen LogP contribution is 2.36. The number of cyclic esters (lactones) is 1. The van der Waals surface area contributed by atoms with E-state index in [1.165, 1.54) is 19.2 Å². The van der Waals surface area contributed by atoms with E-state index in [2.05, 4.69) is 50.2 Å². The number of methoxy groups -OCH3 is 1. The molecular formula is C24H15ClI2N2O6. The summed E-state index contributed by atoms with van der Waals surface area (Å²) < 4.78 is 18.4. The number of benzene rings is 3. The molecule has 0 saturated carbocycles. The third kappa shape index (κ3) is 5.93. The minimum Gasteiger partial charge on any atom is -0.493 e. The molecule has 0 saturated heterocycles. The monoisotopic (exact) mass is 716 g/mol. The molecule has 0 spiro atoms. The maximum Gasteiger partial charge on any atom is 0.363 e. The van der Waals surface area contributed by atoms with Crippen molar-refractivity contribution >= 4 is 80.4 Å². The summed E-state index contributed by atoms with van der Waals surface area (Å²) in [6.45, 7) is 0.116. The first-order valence-electron chi connectivity index (χ1n) is 9.97. The van der Waals surface area contributed by atoms with E-state index < -0.39 is 10.9 Å². The standard InChI is InChI=1S/C24H15ClI2N2O6/c1-33-21-10-14(8-19(27)22(21)34-12-13-3-2-4-16(7-13)29(31)32)9-20-24(30)35-23(28-20)17-11-15(26)5-6-18(17)25/h2-11H,12H2,1H3/b20-9-. The lowest BCUT2D eigenvalue weighted by molar-refractivity contribution is -0.384. The normalized spacial score (nSPS) is 14.0. The average Bonchev–Trinajstić information content (AvgIpc) is 3.19. The Kier molecular flexibility index (Phi) is 7.91. The van der Waals surface area contributed by atoms with Crippen molar-refractivity contribution in [1.29, 1.82) is 0 Å². The second-order valence-corrected chi connectivity index (χ2v) is 10.0. The van der Waals surface area contributed by atoms with Crippen molar-refractivity contribution in [3.63, 3.8) is 0 Å². The molecule has 1 aliphatic rings. The summed E-state index contributed by atoms with van der Waals surface area (Å²) in [6.07, 6.45) is 1.59. The fourth-order valence-electron chi connectivity index (χ4n) is 3.22. The van der Waals surface area contributed by atoms with Gasteiger partial charge in [0.2, 0.25) is 5.90 Å². The highest BCUT2D eigenvalue weighted by atomic mass is 127. The number of hydrogen-bond acceptors (Lipinski definition) is 7. The zero-order valence-corrected chi connectivity index (χ0v) is 23.0. The molecule has 3 aromatic carbocycles. The van der Waals surface area contributed by atoms with Crippen LogP contribution in [-0.4, -0.2) is 23.9 Å². The van der Waals surface area contributed by atoms with Crippen molar-refractivity contribution in [3.05, 3.63) is 99.3 Å². The average molecular weight is 717 g/mol. The molecule has 0 aliphatic carbocycles. The molecule has 35 heavy (non-hydrogen) atoms. The van der Waals surface area contributed by atoms with Gasteiger partial charge in [-0.2, -0.15) is 0 Å². The van der Waals surface area contributed by atoms with Crippen LogP contribution in [0.15, 0.2) is 65.3 Å². The van der Waals surface area contributed by atoms with Crippen molar-refractivity contribution in [2.75, 3.05) is 7.11 Å². The van der Waals surface area contributed by atoms with E-state index in [1.54, 1.807) is 42.5 Å². The Balaban J connectivity index is 1.60. The van der Waals surface area contributed by atoms with Gasteiger partial charge >= 0.3 is 5.97 Å². The molecule has 0 aromatic heterocycles. The number of nitro benzene ring substituents is 1. The summed E-state index contributed by atoms with van der Waals surface area (Å²) in [5.41, 5.74) is 1.95. The van der Waals surface area contributed by atoms with E-state index in [4.69, 9.17) is 25.8 Å². The molecule has 0 bridgehead atoms. The number of carbonyl (C=O) groups excluding carboxylic acids is 1. The number of aliphatic imine (C=N–C) groups is 1. The van der Waals surface area contributed by atoms with Crippen LogP contribution in [0, 0.1) is 17.3 Å². The van der Waals surface area contributed by atoms with Crippen molar-refractivity contribution < 1.29 is 23.9 Å². The van der Waals surface area contributed by atoms with Crippen LogP contribution in [0.4, 0.5) is 5.69 Å². The second-order valence-electron chi connectivity index (χ2n) is 7.21. The van der Waals surface area contributed by atoms with Gasteiger partial charge in [-0.1, -0.05) is 23.7 Å². The number of ether oxygens (including phenoxy) is 3. The molecule has 0 unspecified atom stereocenters. The van der Waals surface area contributed by atoms with Crippen LogP contribution < -0.4 is 9.47 Å². The van der Waals surface area contributed by atoms with Gasteiger partial charge in [0, 0.05) is 15.7 Å². The van der Waals surface area contributed by atoms with E-state index >= 15 is 0 Å². The van der Waals surface area contributed by atoms with E-state index in [1.807, 2.05) is 6.07 Å². The fourth-order valence-corrected chi connectivity index (χ4v) is 4.69. The molecule has 0 amide bonds. The third-order valence-corrected chi connectivity index (χ3v) is 6.64. The van der Waals surface area contributed by atoms with Crippen molar-refractivity contribution in [2.45, 2.75) is 6.61 Å². The van der Waals surface area contributed by atoms with E-state index in [9.17, 15) is 14.9 Å². The van der Waals surface area contributed by atoms with Gasteiger partial charge in [0.15, 0.2) is 17.2 Å². The van der Waals surface area contributed by atoms with Gasteiger partial charge in [-0.25, -0.2) is 9.79 Å². The summed E-state index contributed by atoms with van der Waals surface area (Å²) in [7, 11) is 1.50. The molecule has 0 fully saturated rings. The topological polar surface area (TPSA) is 100 Å². The van der Waals surface area contributed by atoms with E-state index in [0.717, 1.165) is 7.14 Å². The number of esters is 1. The number of non-ortho nitro benzene ring substituents is 1. The first-order chi connectivity index (χ1) is 16.7. The number of hydrogen-bond donors (Lipinski definition) is 0. The lowest BCUT2D eigenvalue weighted by Crippen LogP contribution is -2.06. The van der Waals surface area contributed by atoms with Crippen LogP contribution in [0.2, 0.25) is 5.02 Å². The van der Waals surface area contributed by atoms with Crippen LogP contribution in [0.5, 0.6) is 11.5 Å². The van der Waals surface area contributed by atoms with Crippen LogP contribution in [0.3, 0.4) is 0 Å². The Morgan fingerprint density at radius 1 is 1.17 bits per heavy atom. The zero-order valence-electron chi connectivity index (χ0n) is 18.0. The fraction of sp³-hybridized carbons (Fsp3) is 0.0833. The summed E-state index contributed by atoms with van der Waals surface area (Å²) >= 11 is 10.5.